The van der Waals surface area contributed by atoms with Gasteiger partial charge in [0.05, 0.1) is 0 Å². The summed E-state index contributed by atoms with van der Waals surface area (Å²) in [5.41, 5.74) is 0. The molecule has 0 aromatic heterocycles. The van der Waals surface area contributed by atoms with Crippen LogP contribution >= 0.6 is 0 Å². The summed E-state index contributed by atoms with van der Waals surface area (Å²) in [6, 6.07) is 0. The van der Waals surface area contributed by atoms with Crippen LogP contribution in [0.25, 0.3) is 0 Å². The van der Waals surface area contributed by atoms with Crippen LogP contribution in [0.1, 0.15) is 26.2 Å². The number of ether oxygens (including phenoxy) is 1. The lowest BCUT2D eigenvalue weighted by molar-refractivity contribution is -0.126. The molecule has 4 heteroatoms. The second-order valence-corrected chi connectivity index (χ2v) is 3.22. The van der Waals surface area contributed by atoms with E-state index in [1.165, 1.54) is 0 Å². The van der Waals surface area contributed by atoms with E-state index in [4.69, 9.17) is 4.74 Å². The molecule has 1 fully saturated rings. The van der Waals surface area contributed by atoms with E-state index in [1.807, 2.05) is 6.92 Å². The molecule has 0 spiro atoms. The second-order valence-electron chi connectivity index (χ2n) is 3.22. The highest BCUT2D eigenvalue weighted by Gasteiger charge is 2.28. The van der Waals surface area contributed by atoms with Crippen LogP contribution in [0.4, 0.5) is 4.79 Å². The average molecular weight is 197 g/mol. The molecule has 1 saturated heterocycles. The number of imide groups is 1. The van der Waals surface area contributed by atoms with Gasteiger partial charge in [-0.25, -0.2) is 9.69 Å². The van der Waals surface area contributed by atoms with Gasteiger partial charge in [-0.15, -0.1) is 0 Å². The zero-order chi connectivity index (χ0) is 10.6. The number of carbonyl (C=O) groups is 2. The van der Waals surface area contributed by atoms with Crippen molar-refractivity contribution in [3.63, 3.8) is 0 Å². The van der Waals surface area contributed by atoms with Gasteiger partial charge in [-0.1, -0.05) is 19.6 Å². The van der Waals surface area contributed by atoms with Crippen LogP contribution < -0.4 is 0 Å². The topological polar surface area (TPSA) is 46.6 Å². The van der Waals surface area contributed by atoms with Crippen LogP contribution in [-0.2, 0) is 9.53 Å². The molecule has 1 heterocycles. The lowest BCUT2D eigenvalue weighted by Gasteiger charge is -2.17. The van der Waals surface area contributed by atoms with Crippen LogP contribution in [0.2, 0.25) is 0 Å². The van der Waals surface area contributed by atoms with E-state index >= 15 is 0 Å². The van der Waals surface area contributed by atoms with Crippen molar-refractivity contribution in [1.29, 1.82) is 0 Å². The van der Waals surface area contributed by atoms with Crippen LogP contribution in [0, 0.1) is 0 Å². The summed E-state index contributed by atoms with van der Waals surface area (Å²) in [6.07, 6.45) is 2.59. The third-order valence-corrected chi connectivity index (χ3v) is 2.21. The Labute approximate surface area is 83.5 Å². The molecule has 1 unspecified atom stereocenters. The maximum Gasteiger partial charge on any atom is 0.417 e. The van der Waals surface area contributed by atoms with Gasteiger partial charge < -0.3 is 4.74 Å². The summed E-state index contributed by atoms with van der Waals surface area (Å²) in [4.78, 5) is 23.8. The third kappa shape index (κ3) is 2.34. The highest BCUT2D eigenvalue weighted by atomic mass is 16.6. The number of likely N-dealkylation sites (tertiary alicyclic amines) is 1. The summed E-state index contributed by atoms with van der Waals surface area (Å²) in [5.74, 6) is -0.145. The predicted molar refractivity (Wildman–Crippen MR) is 51.7 cm³/mol. The Morgan fingerprint density at radius 2 is 2.50 bits per heavy atom. The summed E-state index contributed by atoms with van der Waals surface area (Å²) in [5, 5.41) is 0. The van der Waals surface area contributed by atoms with Crippen molar-refractivity contribution in [2.24, 2.45) is 0 Å². The first-order valence-electron chi connectivity index (χ1n) is 4.82. The van der Waals surface area contributed by atoms with Crippen molar-refractivity contribution < 1.29 is 14.3 Å². The molecule has 4 nitrogen and oxygen atoms in total. The average Bonchev–Trinajstić information content (AvgIpc) is 2.60. The van der Waals surface area contributed by atoms with Crippen molar-refractivity contribution in [3.8, 4) is 0 Å². The van der Waals surface area contributed by atoms with Crippen molar-refractivity contribution in [1.82, 2.24) is 4.90 Å². The molecular weight excluding hydrogens is 182 g/mol. The first-order valence-corrected chi connectivity index (χ1v) is 4.82. The standard InChI is InChI=1S/C10H15NO3/c1-3-8(4-2)14-10(13)11-7-5-6-9(11)12/h3,8H,1,4-7H2,2H3. The largest absolute Gasteiger partial charge is 0.442 e. The molecule has 78 valence electrons. The smallest absolute Gasteiger partial charge is 0.417 e. The highest BCUT2D eigenvalue weighted by molar-refractivity contribution is 5.93. The van der Waals surface area contributed by atoms with E-state index in [9.17, 15) is 9.59 Å². The van der Waals surface area contributed by atoms with Crippen molar-refractivity contribution in [2.45, 2.75) is 32.3 Å². The van der Waals surface area contributed by atoms with E-state index in [1.54, 1.807) is 6.08 Å². The third-order valence-electron chi connectivity index (χ3n) is 2.21. The van der Waals surface area contributed by atoms with Gasteiger partial charge in [0.15, 0.2) is 0 Å². The van der Waals surface area contributed by atoms with Gasteiger partial charge in [-0.3, -0.25) is 4.79 Å². The number of hydrogen-bond acceptors (Lipinski definition) is 3. The summed E-state index contributed by atoms with van der Waals surface area (Å²) >= 11 is 0. The van der Waals surface area contributed by atoms with Gasteiger partial charge in [0.25, 0.3) is 0 Å². The Kier molecular flexibility index (Phi) is 3.68. The quantitative estimate of drug-likeness (QED) is 0.647. The van der Waals surface area contributed by atoms with Gasteiger partial charge in [-0.05, 0) is 12.8 Å². The fourth-order valence-electron chi connectivity index (χ4n) is 1.33. The molecule has 0 aromatic rings. The van der Waals surface area contributed by atoms with Gasteiger partial charge in [0.2, 0.25) is 5.91 Å². The minimum Gasteiger partial charge on any atom is -0.442 e. The molecule has 0 aliphatic carbocycles. The molecule has 0 N–H and O–H groups in total. The van der Waals surface area contributed by atoms with Crippen LogP contribution in [0.15, 0.2) is 12.7 Å². The summed E-state index contributed by atoms with van der Waals surface area (Å²) in [7, 11) is 0. The van der Waals surface area contributed by atoms with Crippen molar-refractivity contribution in [3.05, 3.63) is 12.7 Å². The Bertz CT molecular complexity index is 250. The minimum atomic E-state index is -0.542. The Morgan fingerprint density at radius 1 is 1.79 bits per heavy atom. The molecule has 14 heavy (non-hydrogen) atoms. The van der Waals surface area contributed by atoms with Gasteiger partial charge in [0, 0.05) is 13.0 Å². The van der Waals surface area contributed by atoms with E-state index < -0.39 is 6.09 Å². The lowest BCUT2D eigenvalue weighted by Crippen LogP contribution is -2.34. The monoisotopic (exact) mass is 197 g/mol. The Hall–Kier alpha value is -1.32. The maximum absolute atomic E-state index is 11.4. The molecule has 0 saturated carbocycles. The Morgan fingerprint density at radius 3 is 2.93 bits per heavy atom. The van der Waals surface area contributed by atoms with E-state index in [2.05, 4.69) is 6.58 Å². The number of carbonyl (C=O) groups excluding carboxylic acids is 2. The zero-order valence-corrected chi connectivity index (χ0v) is 8.36. The van der Waals surface area contributed by atoms with E-state index in [-0.39, 0.29) is 12.0 Å². The van der Waals surface area contributed by atoms with Crippen LogP contribution in [0.5, 0.6) is 0 Å². The van der Waals surface area contributed by atoms with Gasteiger partial charge in [0.1, 0.15) is 6.10 Å². The first-order chi connectivity index (χ1) is 6.69. The normalized spacial score (nSPS) is 18.1. The van der Waals surface area contributed by atoms with Gasteiger partial charge >= 0.3 is 6.09 Å². The molecular formula is C10H15NO3. The fraction of sp³-hybridized carbons (Fsp3) is 0.600. The molecule has 2 amide bonds. The summed E-state index contributed by atoms with van der Waals surface area (Å²) in [6.45, 7) is 5.92. The zero-order valence-electron chi connectivity index (χ0n) is 8.36. The molecule has 1 rings (SSSR count). The van der Waals surface area contributed by atoms with Crippen LogP contribution in [-0.4, -0.2) is 29.5 Å². The maximum atomic E-state index is 11.4. The van der Waals surface area contributed by atoms with E-state index in [0.717, 1.165) is 11.3 Å². The number of rotatable bonds is 3. The molecule has 0 aromatic carbocycles. The molecule has 1 atom stereocenters. The molecule has 1 aliphatic heterocycles. The fourth-order valence-corrected chi connectivity index (χ4v) is 1.33. The van der Waals surface area contributed by atoms with Crippen molar-refractivity contribution in [2.75, 3.05) is 6.54 Å². The Balaban J connectivity index is 2.48. The SMILES string of the molecule is C=CC(CC)OC(=O)N1CCCC1=O. The van der Waals surface area contributed by atoms with Crippen LogP contribution in [0.3, 0.4) is 0 Å². The van der Waals surface area contributed by atoms with E-state index in [0.29, 0.717) is 19.4 Å². The number of nitrogens with zero attached hydrogens (tertiary/aromatic N) is 1. The van der Waals surface area contributed by atoms with Crippen molar-refractivity contribution >= 4 is 12.0 Å². The molecule has 0 radical (unpaired) electrons. The highest BCUT2D eigenvalue weighted by Crippen LogP contribution is 2.12. The second kappa shape index (κ2) is 4.79. The lowest BCUT2D eigenvalue weighted by atomic mass is 10.3. The number of hydrogen-bond donors (Lipinski definition) is 0. The first kappa shape index (κ1) is 10.8. The number of amides is 2. The summed E-state index contributed by atoms with van der Waals surface area (Å²) < 4.78 is 5.05. The minimum absolute atomic E-state index is 0.145. The molecule has 0 bridgehead atoms. The predicted octanol–water partition coefficient (Wildman–Crippen LogP) is 1.71. The van der Waals surface area contributed by atoms with Gasteiger partial charge in [-0.2, -0.15) is 0 Å². The molecule has 1 aliphatic rings.